The van der Waals surface area contributed by atoms with Gasteiger partial charge in [0.15, 0.2) is 5.82 Å². The normalized spacial score (nSPS) is 20.3. The Hall–Kier alpha value is -1.43. The van der Waals surface area contributed by atoms with Crippen molar-refractivity contribution in [2.24, 2.45) is 5.92 Å². The average molecular weight is 336 g/mol. The summed E-state index contributed by atoms with van der Waals surface area (Å²) in [6, 6.07) is 0.247. The van der Waals surface area contributed by atoms with E-state index in [0.717, 1.165) is 44.1 Å². The Morgan fingerprint density at radius 2 is 2.17 bits per heavy atom. The maximum Gasteiger partial charge on any atom is 0.234 e. The molecule has 1 aliphatic rings. The van der Waals surface area contributed by atoms with Crippen molar-refractivity contribution in [1.82, 2.24) is 20.4 Å². The van der Waals surface area contributed by atoms with Crippen LogP contribution in [0.25, 0.3) is 0 Å². The van der Waals surface area contributed by atoms with Crippen LogP contribution >= 0.6 is 0 Å². The topological polar surface area (TPSA) is 71.3 Å². The summed E-state index contributed by atoms with van der Waals surface area (Å²) in [6.45, 7) is 10.6. The van der Waals surface area contributed by atoms with E-state index in [2.05, 4.69) is 41.1 Å². The fourth-order valence-electron chi connectivity index (χ4n) is 3.32. The van der Waals surface area contributed by atoms with Gasteiger partial charge in [-0.05, 0) is 38.6 Å². The molecular weight excluding hydrogens is 304 g/mol. The second kappa shape index (κ2) is 9.16. The molecule has 1 aromatic heterocycles. The molecule has 136 valence electrons. The summed E-state index contributed by atoms with van der Waals surface area (Å²) in [5, 5.41) is 7.17. The SMILES string of the molecule is Cc1nc([C@@H]2CCCN(CC(=O)N[C@@H](C)CCCC(C)C)C2)no1. The van der Waals surface area contributed by atoms with Crippen LogP contribution < -0.4 is 5.32 Å². The molecule has 1 fully saturated rings. The van der Waals surface area contributed by atoms with Crippen molar-refractivity contribution in [3.8, 4) is 0 Å². The second-order valence-electron chi connectivity index (χ2n) is 7.54. The Balaban J connectivity index is 1.73. The van der Waals surface area contributed by atoms with Gasteiger partial charge in [-0.25, -0.2) is 0 Å². The van der Waals surface area contributed by atoms with Gasteiger partial charge in [0.05, 0.1) is 6.54 Å². The number of aryl methyl sites for hydroxylation is 1. The van der Waals surface area contributed by atoms with Crippen LogP contribution in [0.5, 0.6) is 0 Å². The summed E-state index contributed by atoms with van der Waals surface area (Å²) in [7, 11) is 0. The number of piperidine rings is 1. The highest BCUT2D eigenvalue weighted by atomic mass is 16.5. The number of hydrogen-bond acceptors (Lipinski definition) is 5. The van der Waals surface area contributed by atoms with Crippen LogP contribution in [0.1, 0.15) is 70.5 Å². The van der Waals surface area contributed by atoms with Crippen LogP contribution in [0.4, 0.5) is 0 Å². The molecule has 2 rings (SSSR count). The van der Waals surface area contributed by atoms with Crippen LogP contribution in [0, 0.1) is 12.8 Å². The molecule has 0 aromatic carbocycles. The number of rotatable bonds is 8. The molecule has 0 aliphatic carbocycles. The lowest BCUT2D eigenvalue weighted by molar-refractivity contribution is -0.123. The first-order valence-electron chi connectivity index (χ1n) is 9.26. The van der Waals surface area contributed by atoms with Crippen molar-refractivity contribution < 1.29 is 9.32 Å². The molecule has 24 heavy (non-hydrogen) atoms. The smallest absolute Gasteiger partial charge is 0.234 e. The molecule has 0 saturated carbocycles. The van der Waals surface area contributed by atoms with Crippen LogP contribution in [0.2, 0.25) is 0 Å². The molecule has 1 N–H and O–H groups in total. The van der Waals surface area contributed by atoms with Gasteiger partial charge in [0.2, 0.25) is 11.8 Å². The van der Waals surface area contributed by atoms with Crippen molar-refractivity contribution >= 4 is 5.91 Å². The van der Waals surface area contributed by atoms with Gasteiger partial charge in [-0.3, -0.25) is 9.69 Å². The molecule has 0 bridgehead atoms. The lowest BCUT2D eigenvalue weighted by Gasteiger charge is -2.31. The number of hydrogen-bond donors (Lipinski definition) is 1. The maximum absolute atomic E-state index is 12.3. The molecule has 0 spiro atoms. The zero-order chi connectivity index (χ0) is 17.5. The molecule has 2 heterocycles. The fourth-order valence-corrected chi connectivity index (χ4v) is 3.32. The van der Waals surface area contributed by atoms with E-state index in [4.69, 9.17) is 4.52 Å². The van der Waals surface area contributed by atoms with Crippen molar-refractivity contribution in [3.63, 3.8) is 0 Å². The Morgan fingerprint density at radius 1 is 1.38 bits per heavy atom. The number of carbonyl (C=O) groups excluding carboxylic acids is 1. The standard InChI is InChI=1S/C18H32N4O2/c1-13(2)7-5-8-14(3)19-17(23)12-22-10-6-9-16(11-22)18-20-15(4)24-21-18/h13-14,16H,5-12H2,1-4H3,(H,19,23)/t14-,16+/m0/s1. The zero-order valence-electron chi connectivity index (χ0n) is 15.5. The first-order valence-corrected chi connectivity index (χ1v) is 9.26. The van der Waals surface area contributed by atoms with Gasteiger partial charge in [-0.2, -0.15) is 4.98 Å². The van der Waals surface area contributed by atoms with Crippen molar-refractivity contribution in [1.29, 1.82) is 0 Å². The van der Waals surface area contributed by atoms with Gasteiger partial charge in [0, 0.05) is 25.4 Å². The molecule has 1 amide bonds. The first kappa shape index (κ1) is 18.9. The first-order chi connectivity index (χ1) is 11.4. The Bertz CT molecular complexity index is 515. The Morgan fingerprint density at radius 3 is 2.83 bits per heavy atom. The van der Waals surface area contributed by atoms with Crippen molar-refractivity contribution in [2.45, 2.75) is 71.8 Å². The number of likely N-dealkylation sites (tertiary alicyclic amines) is 1. The molecule has 1 aliphatic heterocycles. The molecule has 6 heteroatoms. The van der Waals surface area contributed by atoms with E-state index in [1.807, 2.05) is 6.92 Å². The minimum Gasteiger partial charge on any atom is -0.353 e. The van der Waals surface area contributed by atoms with Crippen LogP contribution in [0.15, 0.2) is 4.52 Å². The summed E-state index contributed by atoms with van der Waals surface area (Å²) in [5.41, 5.74) is 0. The quantitative estimate of drug-likeness (QED) is 0.790. The number of carbonyl (C=O) groups is 1. The zero-order valence-corrected chi connectivity index (χ0v) is 15.5. The third-order valence-corrected chi connectivity index (χ3v) is 4.61. The molecule has 1 saturated heterocycles. The van der Waals surface area contributed by atoms with Gasteiger partial charge >= 0.3 is 0 Å². The summed E-state index contributed by atoms with van der Waals surface area (Å²) in [4.78, 5) is 18.8. The summed E-state index contributed by atoms with van der Waals surface area (Å²) in [6.07, 6.45) is 5.56. The number of nitrogens with zero attached hydrogens (tertiary/aromatic N) is 3. The van der Waals surface area contributed by atoms with E-state index in [0.29, 0.717) is 12.4 Å². The number of amides is 1. The van der Waals surface area contributed by atoms with Gasteiger partial charge in [0.25, 0.3) is 0 Å². The molecule has 0 unspecified atom stereocenters. The fraction of sp³-hybridized carbons (Fsp3) is 0.833. The third kappa shape index (κ3) is 6.23. The van der Waals surface area contributed by atoms with Gasteiger partial charge in [-0.15, -0.1) is 0 Å². The highest BCUT2D eigenvalue weighted by Gasteiger charge is 2.26. The van der Waals surface area contributed by atoms with Gasteiger partial charge in [-0.1, -0.05) is 31.8 Å². The largest absolute Gasteiger partial charge is 0.353 e. The highest BCUT2D eigenvalue weighted by Crippen LogP contribution is 2.24. The molecular formula is C18H32N4O2. The third-order valence-electron chi connectivity index (χ3n) is 4.61. The second-order valence-corrected chi connectivity index (χ2v) is 7.54. The molecule has 6 nitrogen and oxygen atoms in total. The van der Waals surface area contributed by atoms with Crippen LogP contribution in [0.3, 0.4) is 0 Å². The summed E-state index contributed by atoms with van der Waals surface area (Å²) in [5.74, 6) is 2.51. The van der Waals surface area contributed by atoms with Gasteiger partial charge in [0.1, 0.15) is 0 Å². The highest BCUT2D eigenvalue weighted by molar-refractivity contribution is 5.78. The van der Waals surface area contributed by atoms with Gasteiger partial charge < -0.3 is 9.84 Å². The molecule has 1 aromatic rings. The van der Waals surface area contributed by atoms with Crippen LogP contribution in [-0.4, -0.2) is 46.6 Å². The average Bonchev–Trinajstić information content (AvgIpc) is 2.93. The van der Waals surface area contributed by atoms with E-state index < -0.39 is 0 Å². The lowest BCUT2D eigenvalue weighted by Crippen LogP contribution is -2.44. The summed E-state index contributed by atoms with van der Waals surface area (Å²) < 4.78 is 5.08. The van der Waals surface area contributed by atoms with E-state index in [1.54, 1.807) is 0 Å². The number of aromatic nitrogens is 2. The Labute approximate surface area is 145 Å². The molecule has 2 atom stereocenters. The summed E-state index contributed by atoms with van der Waals surface area (Å²) >= 11 is 0. The predicted octanol–water partition coefficient (Wildman–Crippen LogP) is 2.89. The van der Waals surface area contributed by atoms with Crippen LogP contribution in [-0.2, 0) is 4.79 Å². The monoisotopic (exact) mass is 336 g/mol. The van der Waals surface area contributed by atoms with E-state index >= 15 is 0 Å². The van der Waals surface area contributed by atoms with E-state index in [-0.39, 0.29) is 17.9 Å². The predicted molar refractivity (Wildman–Crippen MR) is 93.7 cm³/mol. The van der Waals surface area contributed by atoms with E-state index in [9.17, 15) is 4.79 Å². The van der Waals surface area contributed by atoms with Crippen molar-refractivity contribution in [2.75, 3.05) is 19.6 Å². The number of nitrogens with one attached hydrogen (secondary N) is 1. The minimum absolute atomic E-state index is 0.122. The van der Waals surface area contributed by atoms with Crippen molar-refractivity contribution in [3.05, 3.63) is 11.7 Å². The van der Waals surface area contributed by atoms with E-state index in [1.165, 1.54) is 12.8 Å². The maximum atomic E-state index is 12.3. The lowest BCUT2D eigenvalue weighted by atomic mass is 9.97. The minimum atomic E-state index is 0.122. The Kier molecular flexibility index (Phi) is 7.21. The molecule has 0 radical (unpaired) electrons.